The highest BCUT2D eigenvalue weighted by Crippen LogP contribution is 2.30. The number of carbonyl (C=O) groups excluding carboxylic acids is 1. The maximum Gasteiger partial charge on any atom is 0.257 e. The average Bonchev–Trinajstić information content (AvgIpc) is 3.18. The van der Waals surface area contributed by atoms with Crippen LogP contribution in [0.4, 0.5) is 17.5 Å². The molecule has 0 aliphatic heterocycles. The Balaban J connectivity index is 1.37. The van der Waals surface area contributed by atoms with Crippen LogP contribution in [0.2, 0.25) is 5.02 Å². The van der Waals surface area contributed by atoms with E-state index in [1.54, 1.807) is 31.3 Å². The number of amides is 1. The molecule has 9 nitrogen and oxygen atoms in total. The summed E-state index contributed by atoms with van der Waals surface area (Å²) in [7, 11) is 0. The molecule has 0 aliphatic carbocycles. The van der Waals surface area contributed by atoms with Crippen LogP contribution in [0.1, 0.15) is 21.9 Å². The minimum Gasteiger partial charge on any atom is -0.368 e. The van der Waals surface area contributed by atoms with Crippen LogP contribution < -0.4 is 16.0 Å². The van der Waals surface area contributed by atoms with E-state index in [9.17, 15) is 4.79 Å². The largest absolute Gasteiger partial charge is 0.368 e. The molecular formula is C23H22ClN7O2. The Hall–Kier alpha value is -3.98. The van der Waals surface area contributed by atoms with Gasteiger partial charge in [-0.2, -0.15) is 0 Å². The molecule has 0 fully saturated rings. The van der Waals surface area contributed by atoms with Gasteiger partial charge in [0.05, 0.1) is 5.02 Å². The van der Waals surface area contributed by atoms with E-state index < -0.39 is 0 Å². The van der Waals surface area contributed by atoms with Crippen LogP contribution in [0.3, 0.4) is 0 Å². The summed E-state index contributed by atoms with van der Waals surface area (Å²) < 4.78 is 5.26. The predicted molar refractivity (Wildman–Crippen MR) is 127 cm³/mol. The summed E-state index contributed by atoms with van der Waals surface area (Å²) in [5.74, 6) is 2.68. The van der Waals surface area contributed by atoms with E-state index in [-0.39, 0.29) is 5.91 Å². The number of hydrogen-bond donors (Lipinski definition) is 3. The van der Waals surface area contributed by atoms with Gasteiger partial charge in [-0.05, 0) is 32.0 Å². The van der Waals surface area contributed by atoms with Crippen molar-refractivity contribution in [2.24, 2.45) is 0 Å². The van der Waals surface area contributed by atoms with Gasteiger partial charge in [0.2, 0.25) is 0 Å². The van der Waals surface area contributed by atoms with Gasteiger partial charge in [-0.25, -0.2) is 15.0 Å². The number of aryl methyl sites for hydroxylation is 2. The van der Waals surface area contributed by atoms with E-state index in [4.69, 9.17) is 16.1 Å². The lowest BCUT2D eigenvalue weighted by Gasteiger charge is -2.11. The molecule has 0 unspecified atom stereocenters. The number of rotatable bonds is 8. The second-order valence-electron chi connectivity index (χ2n) is 7.15. The van der Waals surface area contributed by atoms with Crippen LogP contribution in [0, 0.1) is 13.8 Å². The molecule has 4 aromatic rings. The van der Waals surface area contributed by atoms with Crippen molar-refractivity contribution < 1.29 is 9.32 Å². The number of halogens is 1. The summed E-state index contributed by atoms with van der Waals surface area (Å²) in [5, 5.41) is 13.8. The third-order valence-corrected chi connectivity index (χ3v) is 5.02. The highest BCUT2D eigenvalue weighted by atomic mass is 35.5. The molecule has 3 heterocycles. The number of hydrogen-bond acceptors (Lipinski definition) is 8. The molecule has 33 heavy (non-hydrogen) atoms. The van der Waals surface area contributed by atoms with Gasteiger partial charge in [-0.3, -0.25) is 4.79 Å². The molecule has 0 atom stereocenters. The fourth-order valence-corrected chi connectivity index (χ4v) is 3.45. The third-order valence-electron chi connectivity index (χ3n) is 4.69. The zero-order valence-corrected chi connectivity index (χ0v) is 18.8. The highest BCUT2D eigenvalue weighted by Gasteiger charge is 2.22. The predicted octanol–water partition coefficient (Wildman–Crippen LogP) is 4.38. The van der Waals surface area contributed by atoms with Gasteiger partial charge in [0.15, 0.2) is 0 Å². The van der Waals surface area contributed by atoms with Gasteiger partial charge in [0.25, 0.3) is 5.91 Å². The molecule has 168 valence electrons. The number of benzene rings is 1. The summed E-state index contributed by atoms with van der Waals surface area (Å²) in [6.45, 7) is 4.32. The van der Waals surface area contributed by atoms with E-state index in [1.165, 1.54) is 0 Å². The topological polar surface area (TPSA) is 118 Å². The monoisotopic (exact) mass is 463 g/mol. The summed E-state index contributed by atoms with van der Waals surface area (Å²) in [5.41, 5.74) is 1.42. The van der Waals surface area contributed by atoms with E-state index in [0.717, 1.165) is 0 Å². The summed E-state index contributed by atoms with van der Waals surface area (Å²) >= 11 is 6.27. The molecule has 0 radical (unpaired) electrons. The van der Waals surface area contributed by atoms with Crippen molar-refractivity contribution in [1.29, 1.82) is 0 Å². The van der Waals surface area contributed by atoms with Crippen LogP contribution in [0.15, 0.2) is 59.3 Å². The molecule has 0 saturated heterocycles. The molecule has 4 rings (SSSR count). The first-order valence-corrected chi connectivity index (χ1v) is 10.7. The maximum absolute atomic E-state index is 12.8. The molecule has 3 N–H and O–H groups in total. The standard InChI is InChI=1S/C23H22ClN7O2/c1-14-21(22(31-33-14)16-7-3-4-8-17(16)24)23(32)27-12-11-26-19-13-20(29-15(2)28-19)30-18-9-5-6-10-25-18/h3-10,13H,11-12H2,1-2H3,(H,27,32)(H2,25,26,28,29,30). The lowest BCUT2D eigenvalue weighted by atomic mass is 10.1. The van der Waals surface area contributed by atoms with Gasteiger partial charge in [-0.1, -0.05) is 41.0 Å². The van der Waals surface area contributed by atoms with Gasteiger partial charge in [0, 0.05) is 30.9 Å². The quantitative estimate of drug-likeness (QED) is 0.329. The molecule has 0 spiro atoms. The number of nitrogens with one attached hydrogen (secondary N) is 3. The van der Waals surface area contributed by atoms with Gasteiger partial charge in [-0.15, -0.1) is 0 Å². The van der Waals surface area contributed by atoms with Crippen molar-refractivity contribution in [1.82, 2.24) is 25.4 Å². The first-order valence-electron chi connectivity index (χ1n) is 10.3. The lowest BCUT2D eigenvalue weighted by molar-refractivity contribution is 0.0954. The smallest absolute Gasteiger partial charge is 0.257 e. The molecule has 0 saturated carbocycles. The molecule has 3 aromatic heterocycles. The number of aromatic nitrogens is 4. The Labute approximate surface area is 195 Å². The summed E-state index contributed by atoms with van der Waals surface area (Å²) in [6.07, 6.45) is 1.70. The number of nitrogens with zero attached hydrogens (tertiary/aromatic N) is 4. The third kappa shape index (κ3) is 5.45. The molecule has 0 aliphatic rings. The number of carbonyl (C=O) groups is 1. The fraction of sp³-hybridized carbons (Fsp3) is 0.174. The van der Waals surface area contributed by atoms with E-state index in [0.29, 0.717) is 64.0 Å². The van der Waals surface area contributed by atoms with Crippen LogP contribution in [-0.4, -0.2) is 39.1 Å². The summed E-state index contributed by atoms with van der Waals surface area (Å²) in [4.78, 5) is 25.8. The average molecular weight is 464 g/mol. The second kappa shape index (κ2) is 10.1. The van der Waals surface area contributed by atoms with Crippen molar-refractivity contribution in [2.75, 3.05) is 23.7 Å². The first-order chi connectivity index (χ1) is 16.0. The zero-order valence-electron chi connectivity index (χ0n) is 18.1. The van der Waals surface area contributed by atoms with E-state index in [1.807, 2.05) is 37.3 Å². The molecule has 10 heteroatoms. The van der Waals surface area contributed by atoms with Crippen molar-refractivity contribution in [2.45, 2.75) is 13.8 Å². The van der Waals surface area contributed by atoms with Crippen molar-refractivity contribution >= 4 is 35.0 Å². The van der Waals surface area contributed by atoms with Crippen LogP contribution in [0.25, 0.3) is 11.3 Å². The Bertz CT molecular complexity index is 1260. The molecule has 1 aromatic carbocycles. The lowest BCUT2D eigenvalue weighted by Crippen LogP contribution is -2.29. The van der Waals surface area contributed by atoms with Crippen LogP contribution in [0.5, 0.6) is 0 Å². The Morgan fingerprint density at radius 3 is 2.58 bits per heavy atom. The minimum absolute atomic E-state index is 0.290. The van der Waals surface area contributed by atoms with Gasteiger partial charge in [0.1, 0.15) is 40.3 Å². The van der Waals surface area contributed by atoms with E-state index in [2.05, 4.69) is 36.1 Å². The minimum atomic E-state index is -0.290. The van der Waals surface area contributed by atoms with Crippen LogP contribution >= 0.6 is 11.6 Å². The van der Waals surface area contributed by atoms with Gasteiger partial charge < -0.3 is 20.5 Å². The first kappa shape index (κ1) is 22.2. The fourth-order valence-electron chi connectivity index (χ4n) is 3.22. The second-order valence-corrected chi connectivity index (χ2v) is 7.56. The van der Waals surface area contributed by atoms with Crippen LogP contribution in [-0.2, 0) is 0 Å². The molecular weight excluding hydrogens is 442 g/mol. The zero-order chi connectivity index (χ0) is 23.2. The highest BCUT2D eigenvalue weighted by molar-refractivity contribution is 6.33. The number of pyridine rings is 1. The molecule has 1 amide bonds. The Morgan fingerprint density at radius 1 is 1.00 bits per heavy atom. The Kier molecular flexibility index (Phi) is 6.80. The van der Waals surface area contributed by atoms with Crippen molar-refractivity contribution in [3.63, 3.8) is 0 Å². The molecule has 0 bridgehead atoms. The van der Waals surface area contributed by atoms with Crippen molar-refractivity contribution in [3.8, 4) is 11.3 Å². The van der Waals surface area contributed by atoms with Crippen molar-refractivity contribution in [3.05, 3.63) is 76.9 Å². The summed E-state index contributed by atoms with van der Waals surface area (Å²) in [6, 6.07) is 14.6. The Morgan fingerprint density at radius 2 is 1.79 bits per heavy atom. The maximum atomic E-state index is 12.8. The SMILES string of the molecule is Cc1nc(NCCNC(=O)c2c(-c3ccccc3Cl)noc2C)cc(Nc2ccccn2)n1. The van der Waals surface area contributed by atoms with Gasteiger partial charge >= 0.3 is 0 Å². The number of anilines is 3. The van der Waals surface area contributed by atoms with E-state index >= 15 is 0 Å². The normalized spacial score (nSPS) is 10.6.